The van der Waals surface area contributed by atoms with Gasteiger partial charge in [-0.05, 0) is 81.2 Å². The fourth-order valence-electron chi connectivity index (χ4n) is 6.77. The number of benzene rings is 2. The largest absolute Gasteiger partial charge is 0.444 e. The van der Waals surface area contributed by atoms with Gasteiger partial charge in [-0.25, -0.2) is 17.9 Å². The molecule has 270 valence electrons. The molecule has 0 radical (unpaired) electrons. The van der Waals surface area contributed by atoms with E-state index in [9.17, 15) is 27.6 Å². The van der Waals surface area contributed by atoms with E-state index >= 15 is 0 Å². The fourth-order valence-corrected chi connectivity index (χ4v) is 8.16. The molecule has 2 aromatic carbocycles. The molecule has 5 atom stereocenters. The van der Waals surface area contributed by atoms with Crippen LogP contribution in [0.3, 0.4) is 0 Å². The minimum absolute atomic E-state index is 0.0265. The summed E-state index contributed by atoms with van der Waals surface area (Å²) in [4.78, 5) is 56.1. The number of carbonyl (C=O) groups is 4. The van der Waals surface area contributed by atoms with E-state index in [1.807, 2.05) is 32.0 Å². The van der Waals surface area contributed by atoms with Gasteiger partial charge in [0.2, 0.25) is 11.8 Å². The fraction of sp³-hybridized carbons (Fsp3) is 0.500. The third-order valence-electron chi connectivity index (χ3n) is 9.48. The molecule has 50 heavy (non-hydrogen) atoms. The van der Waals surface area contributed by atoms with Crippen LogP contribution in [0.4, 0.5) is 10.5 Å². The molecule has 1 aliphatic carbocycles. The van der Waals surface area contributed by atoms with Gasteiger partial charge in [0.25, 0.3) is 15.9 Å². The van der Waals surface area contributed by atoms with E-state index in [1.165, 1.54) is 12.1 Å². The first-order valence-corrected chi connectivity index (χ1v) is 18.7. The molecule has 5 rings (SSSR count). The minimum Gasteiger partial charge on any atom is -0.444 e. The quantitative estimate of drug-likeness (QED) is 0.252. The van der Waals surface area contributed by atoms with Crippen LogP contribution in [0.15, 0.2) is 60.0 Å². The van der Waals surface area contributed by atoms with Crippen molar-refractivity contribution in [3.05, 3.63) is 71.3 Å². The maximum atomic E-state index is 14.2. The number of hydrogen-bond acceptors (Lipinski definition) is 8. The monoisotopic (exact) mass is 727 g/mol. The first-order chi connectivity index (χ1) is 23.4. The van der Waals surface area contributed by atoms with Gasteiger partial charge in [-0.3, -0.25) is 14.4 Å². The van der Waals surface area contributed by atoms with Gasteiger partial charge in [0, 0.05) is 30.6 Å². The van der Waals surface area contributed by atoms with Gasteiger partial charge < -0.3 is 25.6 Å². The Morgan fingerprint density at radius 1 is 1.12 bits per heavy atom. The van der Waals surface area contributed by atoms with Crippen molar-refractivity contribution in [3.63, 3.8) is 0 Å². The number of hydrogen-bond donors (Lipinski definition) is 4. The summed E-state index contributed by atoms with van der Waals surface area (Å²) in [7, 11) is -4.28. The molecule has 1 unspecified atom stereocenters. The number of ether oxygens (including phenoxy) is 1. The van der Waals surface area contributed by atoms with Crippen molar-refractivity contribution in [3.8, 4) is 0 Å². The van der Waals surface area contributed by atoms with Gasteiger partial charge in [-0.15, -0.1) is 6.58 Å². The third-order valence-corrected chi connectivity index (χ3v) is 11.1. The number of nitrogens with zero attached hydrogens (tertiary/aromatic N) is 1. The Labute approximate surface area is 298 Å². The zero-order chi connectivity index (χ0) is 36.6. The van der Waals surface area contributed by atoms with Gasteiger partial charge in [-0.2, -0.15) is 0 Å². The molecule has 2 aromatic rings. The van der Waals surface area contributed by atoms with Crippen LogP contribution in [-0.4, -0.2) is 73.9 Å². The topological polar surface area (TPSA) is 163 Å². The van der Waals surface area contributed by atoms with E-state index in [-0.39, 0.29) is 42.1 Å². The van der Waals surface area contributed by atoms with Crippen LogP contribution < -0.4 is 20.7 Å². The molecule has 4 N–H and O–H groups in total. The number of nitrogens with one attached hydrogen (secondary N) is 4. The molecule has 1 saturated heterocycles. The maximum Gasteiger partial charge on any atom is 0.408 e. The summed E-state index contributed by atoms with van der Waals surface area (Å²) in [6.07, 6.45) is 2.06. The highest BCUT2D eigenvalue weighted by molar-refractivity contribution is 7.90. The molecule has 1 saturated carbocycles. The highest BCUT2D eigenvalue weighted by atomic mass is 35.5. The number of anilines is 1. The molecule has 0 bridgehead atoms. The Bertz CT molecular complexity index is 1780. The Morgan fingerprint density at radius 3 is 2.44 bits per heavy atom. The van der Waals surface area contributed by atoms with Crippen molar-refractivity contribution >= 4 is 51.1 Å². The summed E-state index contributed by atoms with van der Waals surface area (Å²) < 4.78 is 34.6. The van der Waals surface area contributed by atoms with Crippen LogP contribution in [0.1, 0.15) is 52.2 Å². The van der Waals surface area contributed by atoms with Crippen molar-refractivity contribution in [2.45, 2.75) is 76.0 Å². The number of amides is 4. The lowest BCUT2D eigenvalue weighted by Crippen LogP contribution is -2.54. The Balaban J connectivity index is 1.37. The zero-order valence-corrected chi connectivity index (χ0v) is 30.6. The van der Waals surface area contributed by atoms with Crippen LogP contribution in [0.2, 0.25) is 5.02 Å². The predicted molar refractivity (Wildman–Crippen MR) is 190 cm³/mol. The molecule has 3 aliphatic rings. The number of sulfonamides is 1. The van der Waals surface area contributed by atoms with Gasteiger partial charge in [0.15, 0.2) is 0 Å². The lowest BCUT2D eigenvalue weighted by molar-refractivity contribution is -0.134. The molecular formula is C36H46ClN5O7S. The van der Waals surface area contributed by atoms with Crippen molar-refractivity contribution in [1.29, 1.82) is 0 Å². The standard InChI is InChI=1S/C36H46ClN5O7S/c1-7-25-18-36(25,33(45)41-50(47,48)28-10-8-9-23-15-16-38-30(23)28)40-31(43)27-20-42(19-24(27)17-22-11-13-26(37)14-12-22)32(44)29(21(2)3)39-34(46)49-35(4,5)6/h7-14,21,24-25,27,29,38H,1,15-20H2,2-6H3,(H,39,46)(H,40,43)(H,41,45)/t24-,25-,27?,29+,36-/m1/s1. The van der Waals surface area contributed by atoms with E-state index in [0.717, 1.165) is 11.1 Å². The number of para-hydroxylation sites is 1. The molecule has 0 spiro atoms. The molecule has 2 heterocycles. The lowest BCUT2D eigenvalue weighted by atomic mass is 9.88. The van der Waals surface area contributed by atoms with Gasteiger partial charge in [0.05, 0.1) is 11.6 Å². The second-order valence-electron chi connectivity index (χ2n) is 14.7. The number of likely N-dealkylation sites (tertiary alicyclic amines) is 1. The number of fused-ring (bicyclic) bond motifs is 1. The number of rotatable bonds is 11. The van der Waals surface area contributed by atoms with E-state index in [4.69, 9.17) is 16.3 Å². The number of carbonyl (C=O) groups excluding carboxylic acids is 4. The van der Waals surface area contributed by atoms with Crippen molar-refractivity contribution < 1.29 is 32.3 Å². The number of alkyl carbamates (subject to hydrolysis) is 1. The second-order valence-corrected chi connectivity index (χ2v) is 16.8. The average Bonchev–Trinajstić information content (AvgIpc) is 3.32. The number of halogens is 1. The first kappa shape index (κ1) is 37.2. The summed E-state index contributed by atoms with van der Waals surface area (Å²) in [6.45, 7) is 13.4. The van der Waals surface area contributed by atoms with Crippen LogP contribution in [0, 0.1) is 23.7 Å². The highest BCUT2D eigenvalue weighted by Crippen LogP contribution is 2.46. The summed E-state index contributed by atoms with van der Waals surface area (Å²) in [5, 5.41) is 9.22. The Hall–Kier alpha value is -4.10. The molecule has 2 aliphatic heterocycles. The van der Waals surface area contributed by atoms with E-state index < -0.39 is 56.9 Å². The average molecular weight is 728 g/mol. The highest BCUT2D eigenvalue weighted by Gasteiger charge is 2.61. The maximum absolute atomic E-state index is 14.2. The molecule has 4 amide bonds. The van der Waals surface area contributed by atoms with Gasteiger partial charge >= 0.3 is 6.09 Å². The molecule has 2 fully saturated rings. The summed E-state index contributed by atoms with van der Waals surface area (Å²) in [6, 6.07) is 11.2. The Morgan fingerprint density at radius 2 is 1.82 bits per heavy atom. The minimum atomic E-state index is -4.28. The van der Waals surface area contributed by atoms with Crippen molar-refractivity contribution in [2.24, 2.45) is 23.7 Å². The molecule has 14 heteroatoms. The molecule has 0 aromatic heterocycles. The van der Waals surface area contributed by atoms with Crippen LogP contribution in [0.5, 0.6) is 0 Å². The normalized spacial score (nSPS) is 23.3. The van der Waals surface area contributed by atoms with Gasteiger partial charge in [0.1, 0.15) is 22.1 Å². The Kier molecular flexibility index (Phi) is 10.6. The molecular weight excluding hydrogens is 682 g/mol. The second kappa shape index (κ2) is 14.3. The van der Waals surface area contributed by atoms with E-state index in [0.29, 0.717) is 30.1 Å². The smallest absolute Gasteiger partial charge is 0.408 e. The molecule has 12 nitrogen and oxygen atoms in total. The van der Waals surface area contributed by atoms with E-state index in [1.54, 1.807) is 43.9 Å². The van der Waals surface area contributed by atoms with Crippen molar-refractivity contribution in [2.75, 3.05) is 25.0 Å². The zero-order valence-electron chi connectivity index (χ0n) is 29.0. The predicted octanol–water partition coefficient (Wildman–Crippen LogP) is 4.04. The van der Waals surface area contributed by atoms with Crippen molar-refractivity contribution in [1.82, 2.24) is 20.3 Å². The summed E-state index contributed by atoms with van der Waals surface area (Å²) in [5.74, 6) is -3.60. The summed E-state index contributed by atoms with van der Waals surface area (Å²) in [5.41, 5.74) is -0.0915. The first-order valence-electron chi connectivity index (χ1n) is 16.8. The third kappa shape index (κ3) is 8.10. The van der Waals surface area contributed by atoms with Crippen LogP contribution in [-0.2, 0) is 42.0 Å². The van der Waals surface area contributed by atoms with Crippen LogP contribution >= 0.6 is 11.6 Å². The van der Waals surface area contributed by atoms with E-state index in [2.05, 4.69) is 27.3 Å². The SMILES string of the molecule is C=C[C@@H]1C[C@]1(NC(=O)C1CN(C(=O)[C@@H](NC(=O)OC(C)(C)C)C(C)C)C[C@H]1Cc1ccc(Cl)cc1)C(=O)NS(=O)(=O)c1cccc2c1NCC2. The lowest BCUT2D eigenvalue weighted by Gasteiger charge is -2.28. The summed E-state index contributed by atoms with van der Waals surface area (Å²) >= 11 is 6.11. The van der Waals surface area contributed by atoms with Crippen LogP contribution in [0.25, 0.3) is 0 Å². The van der Waals surface area contributed by atoms with Gasteiger partial charge in [-0.1, -0.05) is 55.8 Å².